The summed E-state index contributed by atoms with van der Waals surface area (Å²) in [6.07, 6.45) is 14.0. The molecule has 1 atom stereocenters. The Balaban J connectivity index is -0.000000199. The van der Waals surface area contributed by atoms with Gasteiger partial charge in [-0.2, -0.15) is 4.33 Å². The van der Waals surface area contributed by atoms with Crippen molar-refractivity contribution in [3.8, 4) is 0 Å². The van der Waals surface area contributed by atoms with Crippen LogP contribution in [0.1, 0.15) is 257 Å². The van der Waals surface area contributed by atoms with Crippen molar-refractivity contribution in [2.75, 3.05) is 125 Å². The number of primary amides is 1. The van der Waals surface area contributed by atoms with E-state index in [1.165, 1.54) is 57.9 Å². The summed E-state index contributed by atoms with van der Waals surface area (Å²) in [6, 6.07) is 4.47. The summed E-state index contributed by atoms with van der Waals surface area (Å²) in [6.45, 7) is 55.6. The quantitative estimate of drug-likeness (QED) is 0.0121. The van der Waals surface area contributed by atoms with E-state index in [0.29, 0.717) is 106 Å². The summed E-state index contributed by atoms with van der Waals surface area (Å²) in [5.74, 6) is 1.52. The van der Waals surface area contributed by atoms with Gasteiger partial charge in [-0.3, -0.25) is 28.8 Å². The molecule has 3 saturated heterocycles. The van der Waals surface area contributed by atoms with E-state index >= 15 is 0 Å². The van der Waals surface area contributed by atoms with Crippen molar-refractivity contribution >= 4 is 47.5 Å². The molecule has 1 aliphatic carbocycles. The summed E-state index contributed by atoms with van der Waals surface area (Å²) in [4.78, 5) is 79.6. The van der Waals surface area contributed by atoms with Crippen molar-refractivity contribution in [3.63, 3.8) is 0 Å². The van der Waals surface area contributed by atoms with Crippen molar-refractivity contribution in [2.24, 2.45) is 5.73 Å². The van der Waals surface area contributed by atoms with E-state index in [1.54, 1.807) is 7.05 Å². The third-order valence-corrected chi connectivity index (χ3v) is 15.9. The Morgan fingerprint density at radius 2 is 0.931 bits per heavy atom. The first-order valence-corrected chi connectivity index (χ1v) is 38.8. The van der Waals surface area contributed by atoms with Gasteiger partial charge in [-0.05, 0) is 144 Å². The third kappa shape index (κ3) is 82.2. The van der Waals surface area contributed by atoms with Gasteiger partial charge in [0.2, 0.25) is 35.4 Å². The zero-order valence-corrected chi connectivity index (χ0v) is 68.5. The SMILES string of the molecule is C.C.CC(C)NCC(=O)N1CCCC1.CC(C)NCC(N)=O.CC(C)NCCCC(=O)N1CCC(C)(O)CC1.CC(C)NCCCC(=O)NC1CC1.CC(C)N[C@@H](CO)C(=O)N1CCCC1.CCN(CC)C(C)C.CNC(=O)CCCNC(C)C.CNC(C)C.COOSCCCNC(C)C. The van der Waals surface area contributed by atoms with Gasteiger partial charge in [-0.1, -0.05) is 139 Å². The Labute approximate surface area is 625 Å². The number of nitrogens with zero attached hydrogens (tertiary/aromatic N) is 4. The summed E-state index contributed by atoms with van der Waals surface area (Å²) >= 11 is 1.34. The minimum absolute atomic E-state index is 0. The number of amides is 6. The van der Waals surface area contributed by atoms with Crippen molar-refractivity contribution in [2.45, 2.75) is 329 Å². The maximum Gasteiger partial charge on any atom is 0.242 e. The third-order valence-electron chi connectivity index (χ3n) is 15.2. The van der Waals surface area contributed by atoms with E-state index < -0.39 is 11.6 Å². The number of likely N-dealkylation sites (tertiary alicyclic amines) is 3. The van der Waals surface area contributed by atoms with Crippen molar-refractivity contribution < 1.29 is 48.2 Å². The molecule has 4 rings (SSSR count). The largest absolute Gasteiger partial charge is 0.394 e. The highest BCUT2D eigenvalue weighted by Crippen LogP contribution is 2.22. The fourth-order valence-electron chi connectivity index (χ4n) is 8.95. The first-order valence-electron chi connectivity index (χ1n) is 37.8. The zero-order valence-electron chi connectivity index (χ0n) is 67.7. The Kier molecular flexibility index (Phi) is 80.8. The van der Waals surface area contributed by atoms with Crippen LogP contribution in [0.3, 0.4) is 0 Å². The second-order valence-corrected chi connectivity index (χ2v) is 29.3. The lowest BCUT2D eigenvalue weighted by atomic mass is 9.93. The van der Waals surface area contributed by atoms with Gasteiger partial charge in [0.15, 0.2) is 0 Å². The molecule has 0 bridgehead atoms. The maximum atomic E-state index is 11.9. The summed E-state index contributed by atoms with van der Waals surface area (Å²) < 4.78 is 4.63. The number of piperidine rings is 1. The van der Waals surface area contributed by atoms with Gasteiger partial charge in [-0.15, -0.1) is 0 Å². The Bertz CT molecular complexity index is 1880. The number of hydrogen-bond donors (Lipinski definition) is 13. The lowest BCUT2D eigenvalue weighted by Gasteiger charge is -2.35. The number of carbonyl (C=O) groups is 6. The van der Waals surface area contributed by atoms with Crippen molar-refractivity contribution in [3.05, 3.63) is 0 Å². The molecule has 4 aliphatic rings. The summed E-state index contributed by atoms with van der Waals surface area (Å²) in [5, 5.41) is 49.7. The highest BCUT2D eigenvalue weighted by atomic mass is 32.2. The molecule has 0 unspecified atom stereocenters. The normalized spacial score (nSPS) is 14.6. The smallest absolute Gasteiger partial charge is 0.242 e. The molecule has 0 aromatic heterocycles. The van der Waals surface area contributed by atoms with Crippen LogP contribution in [0.25, 0.3) is 0 Å². The predicted octanol–water partition coefficient (Wildman–Crippen LogP) is 7.96. The van der Waals surface area contributed by atoms with Gasteiger partial charge in [0.1, 0.15) is 6.04 Å². The van der Waals surface area contributed by atoms with Crippen LogP contribution in [0.5, 0.6) is 0 Å². The molecule has 0 radical (unpaired) electrons. The molecule has 3 heterocycles. The molecule has 14 N–H and O–H groups in total. The van der Waals surface area contributed by atoms with Crippen LogP contribution < -0.4 is 58.9 Å². The number of aliphatic hydroxyl groups excluding tert-OH is 1. The summed E-state index contributed by atoms with van der Waals surface area (Å²) in [5.41, 5.74) is 4.27. The molecule has 6 amide bonds. The van der Waals surface area contributed by atoms with Gasteiger partial charge >= 0.3 is 0 Å². The first-order chi connectivity index (χ1) is 46.5. The fraction of sp³-hybridized carbons (Fsp3) is 0.920. The zero-order chi connectivity index (χ0) is 76.7. The van der Waals surface area contributed by atoms with E-state index in [4.69, 9.17) is 10.8 Å². The number of aliphatic hydroxyl groups is 2. The fourth-order valence-corrected chi connectivity index (χ4v) is 9.38. The lowest BCUT2D eigenvalue weighted by molar-refractivity contribution is -0.160. The van der Waals surface area contributed by atoms with Crippen LogP contribution in [0.15, 0.2) is 0 Å². The second-order valence-electron chi connectivity index (χ2n) is 28.5. The van der Waals surface area contributed by atoms with Crippen LogP contribution in [0.4, 0.5) is 0 Å². The monoisotopic (exact) mass is 1470 g/mol. The Hall–Kier alpha value is -3.35. The molecule has 0 spiro atoms. The van der Waals surface area contributed by atoms with Gasteiger partial charge in [-0.25, -0.2) is 4.89 Å². The highest BCUT2D eigenvalue weighted by molar-refractivity contribution is 7.94. The van der Waals surface area contributed by atoms with Crippen molar-refractivity contribution in [1.29, 1.82) is 0 Å². The van der Waals surface area contributed by atoms with E-state index in [2.05, 4.69) is 178 Å². The Morgan fingerprint density at radius 3 is 1.26 bits per heavy atom. The average Bonchev–Trinajstić information content (AvgIpc) is 1.62. The first kappa shape index (κ1) is 111. The topological polar surface area (TPSA) is 321 Å². The second kappa shape index (κ2) is 73.5. The van der Waals surface area contributed by atoms with Gasteiger partial charge < -0.3 is 88.7 Å². The number of nitrogens with two attached hydrogens (primary N) is 1. The molecular formula is C75H167N15O10S. The molecular weight excluding hydrogens is 1300 g/mol. The van der Waals surface area contributed by atoms with E-state index in [-0.39, 0.29) is 69.5 Å². The minimum Gasteiger partial charge on any atom is -0.394 e. The van der Waals surface area contributed by atoms with E-state index in [9.17, 15) is 33.9 Å². The predicted molar refractivity (Wildman–Crippen MR) is 429 cm³/mol. The number of carbonyl (C=O) groups excluding carboxylic acids is 6. The number of hydrogen-bond acceptors (Lipinski definition) is 20. The van der Waals surface area contributed by atoms with Crippen LogP contribution in [-0.4, -0.2) is 263 Å². The molecule has 608 valence electrons. The van der Waals surface area contributed by atoms with E-state index in [0.717, 1.165) is 96.6 Å². The maximum absolute atomic E-state index is 11.9. The molecule has 3 aliphatic heterocycles. The molecule has 26 heteroatoms. The standard InChI is InChI=1S/C13H26N2O2.C10H20N2O2.C10H20N2O.C9H18N2O.C8H18N2O.C7H17NO2S.C7H17N.C5H12N2O.C4H11N.2CH4/c1-11(2)14-8-4-5-12(16)15-9-6-13(3,17)7-10-15;1-8(2)11-9(7-13)10(14)12-5-3-4-6-12;1-8(2)11-7-3-4-10(13)12-9-5-6-9;1-8(2)10-7-9(12)11-5-3-4-6-11;1-7(2)10-6-4-5-8(11)9-3;1-7(2)8-5-4-6-11-10-9-3;1-5-8(6-2)7(3)4;1-4(2)7-3-5(6)8;1-4(2)5-3;;/h11,14,17H,4-10H2,1-3H3;8-9,11,13H,3-7H2,1-2H3;8-9,11H,3-7H2,1-2H3,(H,12,13);8,10H,3-7H2,1-2H3;7,10H,4-6H2,1-3H3,(H,9,11);7-8H,4-6H2,1-3H3;7H,5-6H2,1-4H3;4,7H,3H2,1-2H3,(H2,6,8);4-5H,1-3H3;2*1H4/t;9-;;;;;;;;;/m.0........./s1. The van der Waals surface area contributed by atoms with Crippen LogP contribution in [0, 0.1) is 0 Å². The molecule has 4 fully saturated rings. The lowest BCUT2D eigenvalue weighted by Crippen LogP contribution is -2.49. The molecule has 25 nitrogen and oxygen atoms in total. The molecule has 1 saturated carbocycles. The van der Waals surface area contributed by atoms with Crippen LogP contribution in [0.2, 0.25) is 0 Å². The van der Waals surface area contributed by atoms with Crippen molar-refractivity contribution in [1.82, 2.24) is 72.8 Å². The number of nitrogens with one attached hydrogen (secondary N) is 10. The van der Waals surface area contributed by atoms with Gasteiger partial charge in [0, 0.05) is 144 Å². The van der Waals surface area contributed by atoms with Gasteiger partial charge in [0.25, 0.3) is 0 Å². The average molecular weight is 1470 g/mol. The van der Waals surface area contributed by atoms with Crippen LogP contribution >= 0.6 is 12.0 Å². The molecule has 101 heavy (non-hydrogen) atoms. The molecule has 0 aromatic carbocycles. The number of rotatable bonds is 37. The summed E-state index contributed by atoms with van der Waals surface area (Å²) in [7, 11) is 5.13. The molecule has 0 aromatic rings. The minimum atomic E-state index is -0.573. The van der Waals surface area contributed by atoms with E-state index in [1.807, 2.05) is 56.4 Å². The highest BCUT2D eigenvalue weighted by Gasteiger charge is 2.30. The van der Waals surface area contributed by atoms with Crippen LogP contribution in [-0.2, 0) is 38.0 Å². The Morgan fingerprint density at radius 1 is 0.545 bits per heavy atom. The van der Waals surface area contributed by atoms with Gasteiger partial charge in [0.05, 0.1) is 32.4 Å².